The lowest BCUT2D eigenvalue weighted by molar-refractivity contribution is 0.0696. The first-order valence-corrected chi connectivity index (χ1v) is 12.0. The number of furan rings is 1. The van der Waals surface area contributed by atoms with Gasteiger partial charge in [-0.2, -0.15) is 0 Å². The lowest BCUT2D eigenvalue weighted by Gasteiger charge is -2.15. The predicted octanol–water partition coefficient (Wildman–Crippen LogP) is 6.85. The number of carbonyl (C=O) groups excluding carboxylic acids is 1. The first-order chi connectivity index (χ1) is 18.4. The van der Waals surface area contributed by atoms with Gasteiger partial charge in [0.15, 0.2) is 0 Å². The first-order valence-electron chi connectivity index (χ1n) is 12.0. The molecule has 2 N–H and O–H groups in total. The number of carboxylic acids is 1. The third-order valence-corrected chi connectivity index (χ3v) is 6.40. The van der Waals surface area contributed by atoms with Gasteiger partial charge in [-0.15, -0.1) is 0 Å². The SMILES string of the molecule is CNC(=O)c1c(-c2ccc(F)cc2)oc2ccc(-c3cc(C(=O)O)cc(OCc4ccccc4)c3C)cc12. The fourth-order valence-corrected chi connectivity index (χ4v) is 4.42. The summed E-state index contributed by atoms with van der Waals surface area (Å²) in [6.07, 6.45) is 0. The molecule has 0 bridgehead atoms. The minimum Gasteiger partial charge on any atom is -0.489 e. The molecule has 0 saturated heterocycles. The van der Waals surface area contributed by atoms with E-state index in [1.54, 1.807) is 30.3 Å². The molecule has 38 heavy (non-hydrogen) atoms. The molecule has 5 aromatic rings. The van der Waals surface area contributed by atoms with Crippen molar-refractivity contribution in [3.8, 4) is 28.2 Å². The second-order valence-corrected chi connectivity index (χ2v) is 8.83. The van der Waals surface area contributed by atoms with Crippen molar-refractivity contribution >= 4 is 22.8 Å². The summed E-state index contributed by atoms with van der Waals surface area (Å²) < 4.78 is 25.6. The summed E-state index contributed by atoms with van der Waals surface area (Å²) in [6, 6.07) is 23.8. The predicted molar refractivity (Wildman–Crippen MR) is 143 cm³/mol. The maximum Gasteiger partial charge on any atom is 0.335 e. The average Bonchev–Trinajstić information content (AvgIpc) is 3.31. The van der Waals surface area contributed by atoms with Crippen molar-refractivity contribution < 1.29 is 28.2 Å². The molecule has 0 fully saturated rings. The molecule has 5 rings (SSSR count). The zero-order valence-corrected chi connectivity index (χ0v) is 20.7. The average molecular weight is 510 g/mol. The fraction of sp³-hybridized carbons (Fsp3) is 0.0968. The lowest BCUT2D eigenvalue weighted by atomic mass is 9.95. The quantitative estimate of drug-likeness (QED) is 0.250. The highest BCUT2D eigenvalue weighted by atomic mass is 19.1. The highest BCUT2D eigenvalue weighted by Gasteiger charge is 2.23. The van der Waals surface area contributed by atoms with Gasteiger partial charge >= 0.3 is 5.97 Å². The van der Waals surface area contributed by atoms with E-state index < -0.39 is 11.8 Å². The van der Waals surface area contributed by atoms with Crippen LogP contribution in [0.3, 0.4) is 0 Å². The second kappa shape index (κ2) is 10.2. The van der Waals surface area contributed by atoms with Crippen LogP contribution in [0.25, 0.3) is 33.4 Å². The van der Waals surface area contributed by atoms with Gasteiger partial charge in [-0.3, -0.25) is 4.79 Å². The molecule has 1 heterocycles. The van der Waals surface area contributed by atoms with Gasteiger partial charge < -0.3 is 19.6 Å². The van der Waals surface area contributed by atoms with Gasteiger partial charge in [0.05, 0.1) is 11.1 Å². The standard InChI is InChI=1S/C31H24FNO5/c1-18-24(15-22(31(35)36)16-27(18)37-17-19-6-4-3-5-7-19)21-10-13-26-25(14-21)28(30(34)33-2)29(38-26)20-8-11-23(32)12-9-20/h3-16H,17H2,1-2H3,(H,33,34)(H,35,36). The molecular weight excluding hydrogens is 485 g/mol. The molecule has 0 aliphatic carbocycles. The van der Waals surface area contributed by atoms with Crippen molar-refractivity contribution in [2.45, 2.75) is 13.5 Å². The van der Waals surface area contributed by atoms with Crippen LogP contribution in [0.15, 0.2) is 89.3 Å². The van der Waals surface area contributed by atoms with E-state index in [0.717, 1.165) is 11.1 Å². The molecular formula is C31H24FNO5. The van der Waals surface area contributed by atoms with Crippen LogP contribution in [0.4, 0.5) is 4.39 Å². The number of benzene rings is 4. The summed E-state index contributed by atoms with van der Waals surface area (Å²) in [5.41, 5.74) is 4.48. The number of amides is 1. The van der Waals surface area contributed by atoms with E-state index in [2.05, 4.69) is 5.32 Å². The van der Waals surface area contributed by atoms with E-state index in [4.69, 9.17) is 9.15 Å². The molecule has 6 nitrogen and oxygen atoms in total. The van der Waals surface area contributed by atoms with Gasteiger partial charge in [-0.25, -0.2) is 9.18 Å². The number of hydrogen-bond acceptors (Lipinski definition) is 4. The monoisotopic (exact) mass is 509 g/mol. The topological polar surface area (TPSA) is 88.8 Å². The number of ether oxygens (including phenoxy) is 1. The van der Waals surface area contributed by atoms with Crippen LogP contribution in [0.1, 0.15) is 31.8 Å². The van der Waals surface area contributed by atoms with Crippen LogP contribution in [0.2, 0.25) is 0 Å². The molecule has 190 valence electrons. The smallest absolute Gasteiger partial charge is 0.335 e. The summed E-state index contributed by atoms with van der Waals surface area (Å²) in [5.74, 6) is -1.06. The van der Waals surface area contributed by atoms with Crippen molar-refractivity contribution in [3.63, 3.8) is 0 Å². The molecule has 1 amide bonds. The van der Waals surface area contributed by atoms with Crippen molar-refractivity contribution in [2.24, 2.45) is 0 Å². The number of halogens is 1. The number of aromatic carboxylic acids is 1. The Morgan fingerprint density at radius 3 is 2.34 bits per heavy atom. The van der Waals surface area contributed by atoms with Crippen LogP contribution in [0, 0.1) is 12.7 Å². The molecule has 0 aliphatic rings. The molecule has 0 aliphatic heterocycles. The molecule has 0 radical (unpaired) electrons. The molecule has 0 spiro atoms. The minimum atomic E-state index is -1.08. The third-order valence-electron chi connectivity index (χ3n) is 6.40. The van der Waals surface area contributed by atoms with E-state index in [1.807, 2.05) is 43.3 Å². The van der Waals surface area contributed by atoms with Gasteiger partial charge in [0.25, 0.3) is 5.91 Å². The van der Waals surface area contributed by atoms with Crippen molar-refractivity contribution in [3.05, 3.63) is 113 Å². The zero-order chi connectivity index (χ0) is 26.8. The van der Waals surface area contributed by atoms with Crippen LogP contribution < -0.4 is 10.1 Å². The van der Waals surface area contributed by atoms with Crippen molar-refractivity contribution in [1.29, 1.82) is 0 Å². The Labute approximate surface area is 218 Å². The number of rotatable bonds is 7. The molecule has 4 aromatic carbocycles. The van der Waals surface area contributed by atoms with Gasteiger partial charge in [0.1, 0.15) is 29.5 Å². The van der Waals surface area contributed by atoms with Gasteiger partial charge in [0, 0.05) is 18.0 Å². The first kappa shape index (κ1) is 24.8. The third kappa shape index (κ3) is 4.74. The highest BCUT2D eigenvalue weighted by Crippen LogP contribution is 2.38. The van der Waals surface area contributed by atoms with E-state index >= 15 is 0 Å². The van der Waals surface area contributed by atoms with E-state index in [0.29, 0.717) is 44.7 Å². The molecule has 7 heteroatoms. The Morgan fingerprint density at radius 1 is 0.947 bits per heavy atom. The number of carboxylic acid groups (broad SMARTS) is 1. The van der Waals surface area contributed by atoms with Gasteiger partial charge in [0.2, 0.25) is 0 Å². The highest BCUT2D eigenvalue weighted by molar-refractivity contribution is 6.12. The Hall–Kier alpha value is -4.91. The Kier molecular flexibility index (Phi) is 6.66. The number of fused-ring (bicyclic) bond motifs is 1. The molecule has 0 saturated carbocycles. The number of hydrogen-bond donors (Lipinski definition) is 2. The Morgan fingerprint density at radius 2 is 1.66 bits per heavy atom. The number of nitrogens with one attached hydrogen (secondary N) is 1. The van der Waals surface area contributed by atoms with E-state index in [-0.39, 0.29) is 18.1 Å². The molecule has 0 atom stereocenters. The summed E-state index contributed by atoms with van der Waals surface area (Å²) in [6.45, 7) is 2.15. The zero-order valence-electron chi connectivity index (χ0n) is 20.7. The van der Waals surface area contributed by atoms with Gasteiger partial charge in [-0.05, 0) is 77.7 Å². The van der Waals surface area contributed by atoms with E-state index in [1.165, 1.54) is 25.2 Å². The second-order valence-electron chi connectivity index (χ2n) is 8.83. The molecule has 0 unspecified atom stereocenters. The van der Waals surface area contributed by atoms with Gasteiger partial charge in [-0.1, -0.05) is 36.4 Å². The summed E-state index contributed by atoms with van der Waals surface area (Å²) in [7, 11) is 1.52. The number of carbonyl (C=O) groups is 2. The Balaban J connectivity index is 1.64. The molecule has 1 aromatic heterocycles. The fourth-order valence-electron chi connectivity index (χ4n) is 4.42. The normalized spacial score (nSPS) is 10.9. The van der Waals surface area contributed by atoms with Crippen LogP contribution >= 0.6 is 0 Å². The maximum atomic E-state index is 13.5. The van der Waals surface area contributed by atoms with Crippen molar-refractivity contribution in [2.75, 3.05) is 7.05 Å². The summed E-state index contributed by atoms with van der Waals surface area (Å²) in [5, 5.41) is 13.0. The van der Waals surface area contributed by atoms with Crippen LogP contribution in [-0.2, 0) is 6.61 Å². The maximum absolute atomic E-state index is 13.5. The van der Waals surface area contributed by atoms with Crippen molar-refractivity contribution in [1.82, 2.24) is 5.32 Å². The largest absolute Gasteiger partial charge is 0.489 e. The van der Waals surface area contributed by atoms with Crippen LogP contribution in [-0.4, -0.2) is 24.0 Å². The Bertz CT molecular complexity index is 1660. The van der Waals surface area contributed by atoms with E-state index in [9.17, 15) is 19.1 Å². The summed E-state index contributed by atoms with van der Waals surface area (Å²) in [4.78, 5) is 24.9. The lowest BCUT2D eigenvalue weighted by Crippen LogP contribution is -2.18. The van der Waals surface area contributed by atoms with Crippen LogP contribution in [0.5, 0.6) is 5.75 Å². The minimum absolute atomic E-state index is 0.0829. The summed E-state index contributed by atoms with van der Waals surface area (Å²) >= 11 is 0.